The topological polar surface area (TPSA) is 118 Å². The highest BCUT2D eigenvalue weighted by Crippen LogP contribution is 1.65. The van der Waals surface area contributed by atoms with Crippen molar-refractivity contribution in [2.45, 2.75) is 20.0 Å². The molecule has 0 unspecified atom stereocenters. The molecule has 0 radical (unpaired) electrons. The van der Waals surface area contributed by atoms with Gasteiger partial charge in [-0.3, -0.25) is 0 Å². The molecule has 7 heavy (non-hydrogen) atoms. The smallest absolute Gasteiger partial charge is 0.0483 e. The maximum Gasteiger partial charge on any atom is 0.0483 e. The molecule has 0 saturated carbocycles. The molecule has 0 aromatic heterocycles. The first kappa shape index (κ1) is 28.9. The monoisotopic (exact) mass is 113 g/mol. The third-order valence-electron chi connectivity index (χ3n) is 0. The van der Waals surface area contributed by atoms with Crippen LogP contribution in [0.1, 0.15) is 13.8 Å². The fourth-order valence-corrected chi connectivity index (χ4v) is 0. The van der Waals surface area contributed by atoms with E-state index in [2.05, 4.69) is 0 Å². The highest BCUT2D eigenvalue weighted by Gasteiger charge is 1.69. The Morgan fingerprint density at radius 1 is 1.29 bits per heavy atom. The standard InChI is InChI=1S/C3H8O.H3N.2H2O/c1-3(2)4;;;/h3-4H,1-2H3;1H3;2*1H2. The molecule has 0 fully saturated rings. The quantitative estimate of drug-likeness (QED) is 0.450. The van der Waals surface area contributed by atoms with Gasteiger partial charge in [0.2, 0.25) is 0 Å². The summed E-state index contributed by atoms with van der Waals surface area (Å²) in [6, 6.07) is 0. The predicted molar refractivity (Wildman–Crippen MR) is 28.9 cm³/mol. The van der Waals surface area contributed by atoms with E-state index in [0.29, 0.717) is 0 Å². The molecular weight excluding hydrogens is 98.0 g/mol. The number of rotatable bonds is 0. The summed E-state index contributed by atoms with van der Waals surface area (Å²) in [6.45, 7) is 3.44. The summed E-state index contributed by atoms with van der Waals surface area (Å²) in [7, 11) is 0. The first-order chi connectivity index (χ1) is 1.73. The van der Waals surface area contributed by atoms with Crippen molar-refractivity contribution in [1.29, 1.82) is 0 Å². The lowest BCUT2D eigenvalue weighted by molar-refractivity contribution is 0.216. The van der Waals surface area contributed by atoms with Crippen LogP contribution in [0.3, 0.4) is 0 Å². The Bertz CT molecular complexity index is 14.9. The van der Waals surface area contributed by atoms with Crippen LogP contribution in [0.5, 0.6) is 0 Å². The molecule has 0 aromatic rings. The van der Waals surface area contributed by atoms with E-state index in [4.69, 9.17) is 5.11 Å². The van der Waals surface area contributed by atoms with Crippen LogP contribution in [0.4, 0.5) is 0 Å². The summed E-state index contributed by atoms with van der Waals surface area (Å²) in [5.41, 5.74) is 0. The Kier molecular flexibility index (Phi) is 70.1. The van der Waals surface area contributed by atoms with Gasteiger partial charge in [-0.15, -0.1) is 0 Å². The zero-order valence-electron chi connectivity index (χ0n) is 4.97. The molecule has 0 spiro atoms. The van der Waals surface area contributed by atoms with E-state index in [1.165, 1.54) is 0 Å². The van der Waals surface area contributed by atoms with Gasteiger partial charge in [-0.25, -0.2) is 0 Å². The van der Waals surface area contributed by atoms with Crippen molar-refractivity contribution in [3.05, 3.63) is 0 Å². The van der Waals surface area contributed by atoms with E-state index in [1.807, 2.05) is 0 Å². The molecule has 0 aliphatic rings. The SMILES string of the molecule is CC(C)O.O.[NH4+].[OH-]. The first-order valence-corrected chi connectivity index (χ1v) is 1.41. The van der Waals surface area contributed by atoms with Crippen LogP contribution in [0, 0.1) is 0 Å². The summed E-state index contributed by atoms with van der Waals surface area (Å²) in [4.78, 5) is 0. The zero-order valence-corrected chi connectivity index (χ0v) is 4.97. The predicted octanol–water partition coefficient (Wildman–Crippen LogP) is -0.238. The average molecular weight is 113 g/mol. The van der Waals surface area contributed by atoms with Crippen LogP contribution >= 0.6 is 0 Å². The number of aliphatic hydroxyl groups is 1. The van der Waals surface area contributed by atoms with Crippen LogP contribution in [0.25, 0.3) is 0 Å². The summed E-state index contributed by atoms with van der Waals surface area (Å²) in [5, 5.41) is 8.06. The van der Waals surface area contributed by atoms with Crippen molar-refractivity contribution in [2.75, 3.05) is 0 Å². The summed E-state index contributed by atoms with van der Waals surface area (Å²) in [6.07, 6.45) is -0.167. The van der Waals surface area contributed by atoms with Crippen LogP contribution in [0.15, 0.2) is 0 Å². The third kappa shape index (κ3) is 3360. The van der Waals surface area contributed by atoms with Crippen molar-refractivity contribution in [1.82, 2.24) is 6.15 Å². The number of aliphatic hydroxyl groups excluding tert-OH is 1. The highest BCUT2D eigenvalue weighted by atomic mass is 16.3. The maximum atomic E-state index is 8.06. The molecule has 0 amide bonds. The minimum atomic E-state index is -0.167. The Labute approximate surface area is 43.4 Å². The summed E-state index contributed by atoms with van der Waals surface area (Å²) < 4.78 is 0. The molecule has 0 aromatic carbocycles. The Balaban J connectivity index is -0.0000000150. The van der Waals surface area contributed by atoms with Gasteiger partial charge in [0, 0.05) is 6.10 Å². The fourth-order valence-electron chi connectivity index (χ4n) is 0. The molecule has 0 rings (SSSR count). The van der Waals surface area contributed by atoms with E-state index in [0.717, 1.165) is 0 Å². The van der Waals surface area contributed by atoms with E-state index in [9.17, 15) is 0 Å². The first-order valence-electron chi connectivity index (χ1n) is 1.41. The summed E-state index contributed by atoms with van der Waals surface area (Å²) >= 11 is 0. The van der Waals surface area contributed by atoms with Gasteiger partial charge in [-0.1, -0.05) is 0 Å². The maximum absolute atomic E-state index is 8.06. The molecule has 4 heteroatoms. The van der Waals surface area contributed by atoms with E-state index in [1.54, 1.807) is 13.8 Å². The van der Waals surface area contributed by atoms with Gasteiger partial charge in [-0.05, 0) is 13.8 Å². The minimum absolute atomic E-state index is 0. The Morgan fingerprint density at radius 2 is 1.29 bits per heavy atom. The lowest BCUT2D eigenvalue weighted by Gasteiger charge is -1.80. The molecule has 0 saturated heterocycles. The molecule has 0 aliphatic heterocycles. The van der Waals surface area contributed by atoms with Crippen LogP contribution in [-0.4, -0.2) is 22.2 Å². The van der Waals surface area contributed by atoms with Gasteiger partial charge in [0.05, 0.1) is 0 Å². The fraction of sp³-hybridized carbons (Fsp3) is 1.00. The lowest BCUT2D eigenvalue weighted by atomic mass is 10.5. The van der Waals surface area contributed by atoms with Crippen LogP contribution in [-0.2, 0) is 0 Å². The molecule has 0 bridgehead atoms. The van der Waals surface area contributed by atoms with Gasteiger partial charge in [-0.2, -0.15) is 0 Å². The molecule has 0 heterocycles. The van der Waals surface area contributed by atoms with Crippen molar-refractivity contribution >= 4 is 0 Å². The van der Waals surface area contributed by atoms with Crippen molar-refractivity contribution in [2.24, 2.45) is 0 Å². The molecule has 0 aliphatic carbocycles. The average Bonchev–Trinajstić information content (AvgIpc) is 0.811. The van der Waals surface area contributed by atoms with E-state index >= 15 is 0 Å². The second-order valence-electron chi connectivity index (χ2n) is 1.09. The van der Waals surface area contributed by atoms with Crippen LogP contribution in [0.2, 0.25) is 0 Å². The van der Waals surface area contributed by atoms with Gasteiger partial charge >= 0.3 is 0 Å². The molecular formula is C3H15NO3. The largest absolute Gasteiger partial charge is 0.870 e. The number of quaternary nitrogens is 1. The molecule has 4 nitrogen and oxygen atoms in total. The van der Waals surface area contributed by atoms with Crippen molar-refractivity contribution in [3.63, 3.8) is 0 Å². The van der Waals surface area contributed by atoms with Gasteiger partial charge in [0.1, 0.15) is 0 Å². The minimum Gasteiger partial charge on any atom is -0.870 e. The summed E-state index contributed by atoms with van der Waals surface area (Å²) in [5.74, 6) is 0. The van der Waals surface area contributed by atoms with Gasteiger partial charge in [0.25, 0.3) is 0 Å². The van der Waals surface area contributed by atoms with Gasteiger partial charge in [0.15, 0.2) is 0 Å². The van der Waals surface area contributed by atoms with Crippen molar-refractivity contribution in [3.8, 4) is 0 Å². The number of hydrogen-bond donors (Lipinski definition) is 2. The second kappa shape index (κ2) is 17.0. The Morgan fingerprint density at radius 3 is 1.29 bits per heavy atom. The van der Waals surface area contributed by atoms with Gasteiger partial charge < -0.3 is 22.2 Å². The molecule has 8 N–H and O–H groups in total. The number of hydrogen-bond acceptors (Lipinski definition) is 2. The van der Waals surface area contributed by atoms with E-state index in [-0.39, 0.29) is 23.2 Å². The normalized spacial score (nSPS) is 5.14. The highest BCUT2D eigenvalue weighted by molar-refractivity contribution is 4.20. The second-order valence-corrected chi connectivity index (χ2v) is 1.09. The Hall–Kier alpha value is -0.160. The molecule has 50 valence electrons. The molecule has 0 atom stereocenters. The third-order valence-corrected chi connectivity index (χ3v) is 0. The van der Waals surface area contributed by atoms with Crippen LogP contribution < -0.4 is 6.15 Å². The van der Waals surface area contributed by atoms with Crippen molar-refractivity contribution < 1.29 is 16.1 Å². The van der Waals surface area contributed by atoms with E-state index < -0.39 is 0 Å². The lowest BCUT2D eigenvalue weighted by Crippen LogP contribution is -1.85. The zero-order chi connectivity index (χ0) is 3.58.